The van der Waals surface area contributed by atoms with E-state index in [0.29, 0.717) is 10.8 Å². The molecule has 0 aliphatic carbocycles. The van der Waals surface area contributed by atoms with E-state index in [2.05, 4.69) is 4.98 Å². The van der Waals surface area contributed by atoms with Crippen molar-refractivity contribution in [3.8, 4) is 10.4 Å². The molecular formula is C9H7ClN2S. The summed E-state index contributed by atoms with van der Waals surface area (Å²) in [5, 5.41) is 2.44. The molecule has 66 valence electrons. The Morgan fingerprint density at radius 1 is 1.38 bits per heavy atom. The molecule has 0 saturated carbocycles. The molecule has 0 aliphatic rings. The van der Waals surface area contributed by atoms with Gasteiger partial charge in [-0.05, 0) is 17.5 Å². The summed E-state index contributed by atoms with van der Waals surface area (Å²) < 4.78 is 0. The van der Waals surface area contributed by atoms with Crippen LogP contribution in [0.1, 0.15) is 0 Å². The van der Waals surface area contributed by atoms with Crippen LogP contribution in [0.2, 0.25) is 5.15 Å². The summed E-state index contributed by atoms with van der Waals surface area (Å²) in [4.78, 5) is 5.04. The van der Waals surface area contributed by atoms with Crippen molar-refractivity contribution < 1.29 is 0 Å². The third-order valence-corrected chi connectivity index (χ3v) is 2.88. The van der Waals surface area contributed by atoms with Crippen molar-refractivity contribution in [1.82, 2.24) is 4.98 Å². The van der Waals surface area contributed by atoms with Gasteiger partial charge < -0.3 is 5.73 Å². The fraction of sp³-hybridized carbons (Fsp3) is 0. The molecule has 13 heavy (non-hydrogen) atoms. The number of thiophene rings is 1. The lowest BCUT2D eigenvalue weighted by molar-refractivity contribution is 1.34. The molecule has 2 nitrogen and oxygen atoms in total. The van der Waals surface area contributed by atoms with Gasteiger partial charge in [0.1, 0.15) is 5.15 Å². The number of halogens is 1. The topological polar surface area (TPSA) is 38.9 Å². The second kappa shape index (κ2) is 3.36. The number of nitrogens with zero attached hydrogens (tertiary/aromatic N) is 1. The van der Waals surface area contributed by atoms with Gasteiger partial charge in [0.15, 0.2) is 0 Å². The Morgan fingerprint density at radius 2 is 2.23 bits per heavy atom. The Kier molecular flexibility index (Phi) is 2.20. The molecule has 0 spiro atoms. The number of nitrogen functional groups attached to an aromatic ring is 1. The summed E-state index contributed by atoms with van der Waals surface area (Å²) in [6, 6.07) is 5.69. The Bertz CT molecular complexity index is 391. The first kappa shape index (κ1) is 8.53. The summed E-state index contributed by atoms with van der Waals surface area (Å²) in [5.41, 5.74) is 7.30. The molecular weight excluding hydrogens is 204 g/mol. The number of hydrogen-bond acceptors (Lipinski definition) is 3. The van der Waals surface area contributed by atoms with Crippen LogP contribution in [-0.2, 0) is 0 Å². The van der Waals surface area contributed by atoms with Crippen LogP contribution >= 0.6 is 22.9 Å². The predicted molar refractivity (Wildman–Crippen MR) is 57.0 cm³/mol. The molecule has 0 atom stereocenters. The summed E-state index contributed by atoms with van der Waals surface area (Å²) >= 11 is 7.54. The van der Waals surface area contributed by atoms with E-state index in [4.69, 9.17) is 17.3 Å². The van der Waals surface area contributed by atoms with Gasteiger partial charge in [-0.1, -0.05) is 17.7 Å². The number of pyridine rings is 1. The maximum Gasteiger partial charge on any atom is 0.139 e. The molecule has 2 rings (SSSR count). The van der Waals surface area contributed by atoms with E-state index < -0.39 is 0 Å². The van der Waals surface area contributed by atoms with E-state index in [0.717, 1.165) is 10.4 Å². The second-order valence-corrected chi connectivity index (χ2v) is 3.85. The summed E-state index contributed by atoms with van der Waals surface area (Å²) in [5.74, 6) is 0. The Balaban J connectivity index is 2.64. The van der Waals surface area contributed by atoms with Crippen molar-refractivity contribution in [1.29, 1.82) is 0 Å². The highest BCUT2D eigenvalue weighted by Gasteiger charge is 2.08. The molecule has 4 heteroatoms. The molecule has 2 N–H and O–H groups in total. The fourth-order valence-corrected chi connectivity index (χ4v) is 2.23. The quantitative estimate of drug-likeness (QED) is 0.735. The van der Waals surface area contributed by atoms with E-state index in [9.17, 15) is 0 Å². The van der Waals surface area contributed by atoms with Crippen molar-refractivity contribution in [2.24, 2.45) is 0 Å². The highest BCUT2D eigenvalue weighted by Crippen LogP contribution is 2.34. The third kappa shape index (κ3) is 1.53. The minimum atomic E-state index is 0.461. The van der Waals surface area contributed by atoms with E-state index in [-0.39, 0.29) is 0 Å². The number of nitrogens with two attached hydrogens (primary N) is 1. The zero-order valence-corrected chi connectivity index (χ0v) is 8.27. The summed E-state index contributed by atoms with van der Waals surface area (Å²) in [6.07, 6.45) is 1.61. The van der Waals surface area contributed by atoms with Crippen molar-refractivity contribution >= 4 is 28.6 Å². The van der Waals surface area contributed by atoms with Crippen LogP contribution in [0.5, 0.6) is 0 Å². The molecule has 0 bridgehead atoms. The van der Waals surface area contributed by atoms with Gasteiger partial charge in [-0.25, -0.2) is 4.98 Å². The Morgan fingerprint density at radius 3 is 2.85 bits per heavy atom. The van der Waals surface area contributed by atoms with Gasteiger partial charge in [0, 0.05) is 16.8 Å². The molecule has 0 aromatic carbocycles. The van der Waals surface area contributed by atoms with Crippen LogP contribution in [0.25, 0.3) is 10.4 Å². The largest absolute Gasteiger partial charge is 0.398 e. The number of rotatable bonds is 1. The maximum atomic E-state index is 5.94. The van der Waals surface area contributed by atoms with Gasteiger partial charge in [0.25, 0.3) is 0 Å². The first-order valence-electron chi connectivity index (χ1n) is 3.73. The third-order valence-electron chi connectivity index (χ3n) is 1.70. The van der Waals surface area contributed by atoms with E-state index >= 15 is 0 Å². The van der Waals surface area contributed by atoms with Crippen molar-refractivity contribution in [3.05, 3.63) is 34.9 Å². The highest BCUT2D eigenvalue weighted by molar-refractivity contribution is 7.13. The smallest absolute Gasteiger partial charge is 0.139 e. The van der Waals surface area contributed by atoms with Gasteiger partial charge >= 0.3 is 0 Å². The number of aromatic nitrogens is 1. The van der Waals surface area contributed by atoms with Gasteiger partial charge in [0.2, 0.25) is 0 Å². The zero-order chi connectivity index (χ0) is 9.26. The number of hydrogen-bond donors (Lipinski definition) is 1. The Hall–Kier alpha value is -1.06. The summed E-state index contributed by atoms with van der Waals surface area (Å²) in [7, 11) is 0. The first-order chi connectivity index (χ1) is 6.29. The molecule has 2 aromatic rings. The highest BCUT2D eigenvalue weighted by atomic mass is 35.5. The van der Waals surface area contributed by atoms with Crippen molar-refractivity contribution in [2.75, 3.05) is 5.73 Å². The molecule has 0 fully saturated rings. The maximum absolute atomic E-state index is 5.94. The summed E-state index contributed by atoms with van der Waals surface area (Å²) in [6.45, 7) is 0. The molecule has 2 aromatic heterocycles. The van der Waals surface area contributed by atoms with Crippen molar-refractivity contribution in [2.45, 2.75) is 0 Å². The lowest BCUT2D eigenvalue weighted by Crippen LogP contribution is -1.90. The average molecular weight is 211 g/mol. The molecule has 0 amide bonds. The van der Waals surface area contributed by atoms with Gasteiger partial charge in [-0.2, -0.15) is 0 Å². The molecule has 0 radical (unpaired) electrons. The molecule has 2 heterocycles. The van der Waals surface area contributed by atoms with Crippen LogP contribution in [0, 0.1) is 0 Å². The van der Waals surface area contributed by atoms with E-state index in [1.807, 2.05) is 17.5 Å². The SMILES string of the molecule is Nc1ccnc(Cl)c1-c1cccs1. The monoisotopic (exact) mass is 210 g/mol. The van der Waals surface area contributed by atoms with Crippen LogP contribution in [0.15, 0.2) is 29.8 Å². The predicted octanol–water partition coefficient (Wildman–Crippen LogP) is 3.05. The Labute approximate surface area is 85.0 Å². The van der Waals surface area contributed by atoms with Gasteiger partial charge in [-0.3, -0.25) is 0 Å². The molecule has 0 unspecified atom stereocenters. The lowest BCUT2D eigenvalue weighted by Gasteiger charge is -2.03. The zero-order valence-electron chi connectivity index (χ0n) is 6.70. The minimum Gasteiger partial charge on any atom is -0.398 e. The van der Waals surface area contributed by atoms with Crippen molar-refractivity contribution in [3.63, 3.8) is 0 Å². The molecule has 0 aliphatic heterocycles. The second-order valence-electron chi connectivity index (χ2n) is 2.54. The average Bonchev–Trinajstić information content (AvgIpc) is 2.57. The number of anilines is 1. The van der Waals surface area contributed by atoms with Gasteiger partial charge in [-0.15, -0.1) is 11.3 Å². The van der Waals surface area contributed by atoms with E-state index in [1.54, 1.807) is 23.6 Å². The van der Waals surface area contributed by atoms with Crippen LogP contribution in [-0.4, -0.2) is 4.98 Å². The minimum absolute atomic E-state index is 0.461. The van der Waals surface area contributed by atoms with Gasteiger partial charge in [0.05, 0.1) is 5.56 Å². The standard InChI is InChI=1S/C9H7ClN2S/c10-9-8(6(11)3-4-12-9)7-2-1-5-13-7/h1-5H,(H2,11,12). The molecule has 0 saturated heterocycles. The van der Waals surface area contributed by atoms with E-state index in [1.165, 1.54) is 0 Å². The normalized spacial score (nSPS) is 10.2. The first-order valence-corrected chi connectivity index (χ1v) is 4.98. The lowest BCUT2D eigenvalue weighted by atomic mass is 10.2. The van der Waals surface area contributed by atoms with Crippen LogP contribution in [0.3, 0.4) is 0 Å². The fourth-order valence-electron chi connectivity index (χ4n) is 1.11. The van der Waals surface area contributed by atoms with Crippen LogP contribution in [0.4, 0.5) is 5.69 Å². The van der Waals surface area contributed by atoms with Crippen LogP contribution < -0.4 is 5.73 Å².